The largest absolute Gasteiger partial charge is 0.506 e. The number of benzene rings is 3. The highest BCUT2D eigenvalue weighted by Crippen LogP contribution is 2.51. The smallest absolute Gasteiger partial charge is 0.411 e. The number of fused-ring (bicyclic) bond motifs is 1. The topological polar surface area (TPSA) is 160 Å². The number of hydrogen-bond donors (Lipinski definition) is 6. The van der Waals surface area contributed by atoms with E-state index in [1.807, 2.05) is 24.3 Å². The third-order valence-electron chi connectivity index (χ3n) is 9.64. The molecule has 272 valence electrons. The van der Waals surface area contributed by atoms with Crippen molar-refractivity contribution in [2.24, 2.45) is 17.8 Å². The number of halogens is 1. The van der Waals surface area contributed by atoms with Crippen LogP contribution in [-0.2, 0) is 14.8 Å². The van der Waals surface area contributed by atoms with Gasteiger partial charge in [-0.1, -0.05) is 74.0 Å². The molecule has 4 atom stereocenters. The zero-order valence-corrected chi connectivity index (χ0v) is 30.1. The molecule has 11 nitrogen and oxygen atoms in total. The van der Waals surface area contributed by atoms with E-state index in [1.54, 1.807) is 18.2 Å². The van der Waals surface area contributed by atoms with Gasteiger partial charge in [0.1, 0.15) is 11.5 Å². The summed E-state index contributed by atoms with van der Waals surface area (Å²) in [4.78, 5) is 15.2. The Kier molecular flexibility index (Phi) is 13.3. The van der Waals surface area contributed by atoms with E-state index in [9.17, 15) is 28.5 Å². The second-order valence-corrected chi connectivity index (χ2v) is 15.7. The Morgan fingerprint density at radius 3 is 2.32 bits per heavy atom. The second-order valence-electron chi connectivity index (χ2n) is 13.5. The van der Waals surface area contributed by atoms with Gasteiger partial charge in [-0.2, -0.15) is 0 Å². The number of phenols is 2. The summed E-state index contributed by atoms with van der Waals surface area (Å²) in [5.41, 5.74) is 2.79. The number of aliphatic hydroxyl groups is 1. The molecule has 1 saturated carbocycles. The second kappa shape index (κ2) is 17.6. The number of amides is 1. The third kappa shape index (κ3) is 11.0. The highest BCUT2D eigenvalue weighted by atomic mass is 35.5. The van der Waals surface area contributed by atoms with Gasteiger partial charge in [-0.3, -0.25) is 10.0 Å². The molecule has 0 bridgehead atoms. The summed E-state index contributed by atoms with van der Waals surface area (Å²) in [6.07, 6.45) is 7.94. The molecule has 3 aromatic rings. The van der Waals surface area contributed by atoms with E-state index < -0.39 is 22.2 Å². The fourth-order valence-corrected chi connectivity index (χ4v) is 7.61. The van der Waals surface area contributed by atoms with Gasteiger partial charge in [-0.25, -0.2) is 13.2 Å². The van der Waals surface area contributed by atoms with Crippen LogP contribution in [0, 0.1) is 17.8 Å². The number of aliphatic hydroxyl groups excluding tert-OH is 1. The minimum absolute atomic E-state index is 0.0112. The number of ether oxygens (including phenoxy) is 1. The zero-order valence-electron chi connectivity index (χ0n) is 28.5. The summed E-state index contributed by atoms with van der Waals surface area (Å²) in [5.74, 6) is 1.48. The number of para-hydroxylation sites is 1. The van der Waals surface area contributed by atoms with E-state index in [1.165, 1.54) is 50.3 Å². The minimum atomic E-state index is -3.54. The molecule has 1 aliphatic carbocycles. The van der Waals surface area contributed by atoms with Gasteiger partial charge in [0, 0.05) is 31.1 Å². The summed E-state index contributed by atoms with van der Waals surface area (Å²) >= 11 is 6.09. The lowest BCUT2D eigenvalue weighted by atomic mass is 10.0. The molecule has 13 heteroatoms. The third-order valence-corrected chi connectivity index (χ3v) is 10.5. The van der Waals surface area contributed by atoms with E-state index in [4.69, 9.17) is 16.3 Å². The number of carbonyl (C=O) groups is 1. The quantitative estimate of drug-likeness (QED) is 0.0593. The zero-order chi connectivity index (χ0) is 35.7. The molecular weight excluding hydrogens is 680 g/mol. The van der Waals surface area contributed by atoms with Crippen molar-refractivity contribution in [3.05, 3.63) is 71.2 Å². The highest BCUT2D eigenvalue weighted by molar-refractivity contribution is 7.92. The van der Waals surface area contributed by atoms with E-state index in [0.717, 1.165) is 56.4 Å². The first kappa shape index (κ1) is 37.7. The van der Waals surface area contributed by atoms with Gasteiger partial charge in [0.05, 0.1) is 35.4 Å². The van der Waals surface area contributed by atoms with Crippen molar-refractivity contribution >= 4 is 39.1 Å². The number of hydrogen-bond acceptors (Lipinski definition) is 9. The molecule has 2 aliphatic rings. The highest BCUT2D eigenvalue weighted by Gasteiger charge is 2.55. The van der Waals surface area contributed by atoms with Gasteiger partial charge in [0.2, 0.25) is 10.0 Å². The Balaban J connectivity index is 0.864. The number of phenolic OH excluding ortho intramolecular Hbond substituents is 2. The Morgan fingerprint density at radius 2 is 1.60 bits per heavy atom. The summed E-state index contributed by atoms with van der Waals surface area (Å²) in [5, 5.41) is 36.4. The van der Waals surface area contributed by atoms with Gasteiger partial charge in [-0.05, 0) is 79.2 Å². The van der Waals surface area contributed by atoms with Crippen LogP contribution in [0.3, 0.4) is 0 Å². The molecule has 3 aromatic carbocycles. The number of sulfonamides is 1. The summed E-state index contributed by atoms with van der Waals surface area (Å²) in [7, 11) is -3.54. The molecule has 1 amide bonds. The lowest BCUT2D eigenvalue weighted by molar-refractivity contribution is 0.145. The molecule has 1 unspecified atom stereocenters. The van der Waals surface area contributed by atoms with Gasteiger partial charge in [0.15, 0.2) is 0 Å². The minimum Gasteiger partial charge on any atom is -0.506 e. The molecule has 1 heterocycles. The number of carbonyl (C=O) groups excluding carboxylic acids is 1. The number of likely N-dealkylation sites (tertiary alicyclic amines) is 1. The normalized spacial score (nSPS) is 19.1. The van der Waals surface area contributed by atoms with Crippen molar-refractivity contribution < 1.29 is 33.3 Å². The molecule has 1 saturated heterocycles. The van der Waals surface area contributed by atoms with E-state index in [2.05, 4.69) is 20.3 Å². The van der Waals surface area contributed by atoms with Gasteiger partial charge in [0.25, 0.3) is 0 Å². The first-order valence-corrected chi connectivity index (χ1v) is 19.7. The maximum atomic E-state index is 12.6. The van der Waals surface area contributed by atoms with Crippen LogP contribution in [0.25, 0.3) is 11.1 Å². The lowest BCUT2D eigenvalue weighted by Crippen LogP contribution is -2.27. The number of aromatic hydroxyl groups is 2. The number of unbranched alkanes of at least 4 members (excludes halogenated alkanes) is 6. The van der Waals surface area contributed by atoms with Crippen molar-refractivity contribution in [2.75, 3.05) is 55.6 Å². The standard InChI is InChI=1S/C37H49ClN4O7S/c1-50(47,48)41-33-20-26(14-16-35(33)44)36(45)21-39-17-9-5-3-2-4-6-10-18-42-22-28-29(23-42)30(28)24-49-37(46)40-32-12-8-7-11-27(32)25-13-15-34(43)31(38)19-25/h7-8,11-16,19-20,28-30,36,39,41,43-45H,2-6,9-10,17-18,21-24H2,1H3,(H,40,46)/t28-,29+,30?,36-/m0/s1. The predicted octanol–water partition coefficient (Wildman–Crippen LogP) is 6.57. The average Bonchev–Trinajstić information content (AvgIpc) is 3.53. The van der Waals surface area contributed by atoms with Crippen LogP contribution in [0.2, 0.25) is 5.02 Å². The van der Waals surface area contributed by atoms with Gasteiger partial charge >= 0.3 is 6.09 Å². The van der Waals surface area contributed by atoms with Crippen LogP contribution in [-0.4, -0.2) is 80.3 Å². The van der Waals surface area contributed by atoms with E-state index in [0.29, 0.717) is 42.2 Å². The fraction of sp³-hybridized carbons (Fsp3) is 0.486. The number of anilines is 2. The molecule has 2 fully saturated rings. The van der Waals surface area contributed by atoms with Crippen molar-refractivity contribution in [1.29, 1.82) is 0 Å². The summed E-state index contributed by atoms with van der Waals surface area (Å²) in [6.45, 7) is 4.86. The molecule has 6 N–H and O–H groups in total. The maximum Gasteiger partial charge on any atom is 0.411 e. The number of piperidine rings is 1. The average molecular weight is 729 g/mol. The molecule has 0 spiro atoms. The molecule has 50 heavy (non-hydrogen) atoms. The van der Waals surface area contributed by atoms with Crippen molar-refractivity contribution in [3.8, 4) is 22.6 Å². The number of nitrogens with zero attached hydrogens (tertiary/aromatic N) is 1. The SMILES string of the molecule is CS(=O)(=O)Nc1cc([C@@H](O)CNCCCCCCCCCN2C[C@@H]3C(COC(=O)Nc4ccccc4-c4ccc(O)c(Cl)c4)[C@@H]3C2)ccc1O. The van der Waals surface area contributed by atoms with Crippen LogP contribution in [0.4, 0.5) is 16.2 Å². The molecule has 1 aliphatic heterocycles. The van der Waals surface area contributed by atoms with Crippen molar-refractivity contribution in [3.63, 3.8) is 0 Å². The Morgan fingerprint density at radius 1 is 0.920 bits per heavy atom. The molecule has 0 aromatic heterocycles. The monoisotopic (exact) mass is 728 g/mol. The Labute approximate surface area is 300 Å². The molecule has 5 rings (SSSR count). The van der Waals surface area contributed by atoms with E-state index >= 15 is 0 Å². The van der Waals surface area contributed by atoms with E-state index in [-0.39, 0.29) is 22.2 Å². The van der Waals surface area contributed by atoms with Gasteiger partial charge in [-0.15, -0.1) is 0 Å². The predicted molar refractivity (Wildman–Crippen MR) is 197 cm³/mol. The number of rotatable bonds is 19. The summed E-state index contributed by atoms with van der Waals surface area (Å²) in [6, 6.07) is 16.8. The van der Waals surface area contributed by atoms with Crippen molar-refractivity contribution in [1.82, 2.24) is 10.2 Å². The van der Waals surface area contributed by atoms with Crippen molar-refractivity contribution in [2.45, 2.75) is 51.0 Å². The summed E-state index contributed by atoms with van der Waals surface area (Å²) < 4.78 is 30.8. The van der Waals surface area contributed by atoms with Crippen LogP contribution >= 0.6 is 11.6 Å². The fourth-order valence-electron chi connectivity index (χ4n) is 6.87. The first-order chi connectivity index (χ1) is 24.0. The Hall–Kier alpha value is -3.55. The number of nitrogens with one attached hydrogen (secondary N) is 3. The molecule has 0 radical (unpaired) electrons. The van der Waals surface area contributed by atoms with Crippen LogP contribution in [0.1, 0.15) is 56.6 Å². The Bertz CT molecular complexity index is 1700. The van der Waals surface area contributed by atoms with Crippen LogP contribution in [0.5, 0.6) is 11.5 Å². The van der Waals surface area contributed by atoms with Crippen LogP contribution in [0.15, 0.2) is 60.7 Å². The maximum absolute atomic E-state index is 12.6. The first-order valence-electron chi connectivity index (χ1n) is 17.4. The lowest BCUT2D eigenvalue weighted by Gasteiger charge is -2.19. The molecular formula is C37H49ClN4O7S. The van der Waals surface area contributed by atoms with Crippen LogP contribution < -0.4 is 15.4 Å². The van der Waals surface area contributed by atoms with Gasteiger partial charge < -0.3 is 30.3 Å².